The summed E-state index contributed by atoms with van der Waals surface area (Å²) in [6, 6.07) is 0. The Labute approximate surface area is 93.1 Å². The Balaban J connectivity index is 2.94. The van der Waals surface area contributed by atoms with Gasteiger partial charge in [0.15, 0.2) is 0 Å². The van der Waals surface area contributed by atoms with E-state index in [1.807, 2.05) is 0 Å². The maximum absolute atomic E-state index is 10.8. The van der Waals surface area contributed by atoms with Gasteiger partial charge in [0.25, 0.3) is 0 Å². The fourth-order valence-corrected chi connectivity index (χ4v) is 1.17. The number of hydrogen-bond donors (Lipinski definition) is 2. The summed E-state index contributed by atoms with van der Waals surface area (Å²) in [5, 5.41) is 17.3. The number of aliphatic carboxylic acids is 2. The van der Waals surface area contributed by atoms with E-state index < -0.39 is 24.3 Å². The molecule has 7 heteroatoms. The number of hydrogen-bond acceptors (Lipinski definition) is 4. The summed E-state index contributed by atoms with van der Waals surface area (Å²) in [7, 11) is 0. The van der Waals surface area contributed by atoms with E-state index in [1.54, 1.807) is 0 Å². The first-order chi connectivity index (χ1) is 7.00. The summed E-state index contributed by atoms with van der Waals surface area (Å²) >= 11 is 3.09. The Hall–Kier alpha value is -1.50. The van der Waals surface area contributed by atoms with Crippen LogP contribution in [0.4, 0.5) is 0 Å². The summed E-state index contributed by atoms with van der Waals surface area (Å²) in [5.74, 6) is -3.67. The average Bonchev–Trinajstić information content (AvgIpc) is 2.15. The van der Waals surface area contributed by atoms with Crippen LogP contribution < -0.4 is 0 Å². The summed E-state index contributed by atoms with van der Waals surface area (Å²) in [4.78, 5) is 28.7. The highest BCUT2D eigenvalue weighted by Gasteiger charge is 2.25. The van der Waals surface area contributed by atoms with E-state index >= 15 is 0 Å². The number of carboxylic acid groups (broad SMARTS) is 2. The predicted octanol–water partition coefficient (Wildman–Crippen LogP) is 0.882. The number of halogens is 1. The van der Waals surface area contributed by atoms with Crippen LogP contribution in [0, 0.1) is 0 Å². The smallest absolute Gasteiger partial charge is 0.314 e. The fourth-order valence-electron chi connectivity index (χ4n) is 0.966. The van der Waals surface area contributed by atoms with Crippen molar-refractivity contribution in [3.63, 3.8) is 0 Å². The van der Waals surface area contributed by atoms with E-state index in [0.29, 0.717) is 4.47 Å². The lowest BCUT2D eigenvalue weighted by Gasteiger charge is -2.07. The summed E-state index contributed by atoms with van der Waals surface area (Å²) in [6.45, 7) is 0. The Morgan fingerprint density at radius 2 is 1.87 bits per heavy atom. The van der Waals surface area contributed by atoms with Crippen molar-refractivity contribution in [1.29, 1.82) is 0 Å². The Bertz CT molecular complexity index is 379. The van der Waals surface area contributed by atoms with Crippen LogP contribution in [0.2, 0.25) is 0 Å². The molecular formula is C8H7BrN2O4. The molecule has 0 aliphatic carbocycles. The van der Waals surface area contributed by atoms with E-state index in [2.05, 4.69) is 25.9 Å². The average molecular weight is 275 g/mol. The standard InChI is InChI=1S/C8H7BrN2O4/c9-4-2-10-7(11-3-4)5(8(14)15)1-6(12)13/h2-3,5H,1H2,(H,12,13)(H,14,15). The van der Waals surface area contributed by atoms with Gasteiger partial charge in [0, 0.05) is 12.4 Å². The largest absolute Gasteiger partial charge is 0.481 e. The van der Waals surface area contributed by atoms with Crippen molar-refractivity contribution in [3.05, 3.63) is 22.7 Å². The second-order valence-corrected chi connectivity index (χ2v) is 3.66. The zero-order chi connectivity index (χ0) is 11.4. The highest BCUT2D eigenvalue weighted by molar-refractivity contribution is 9.10. The minimum absolute atomic E-state index is 0.00639. The molecule has 0 spiro atoms. The zero-order valence-electron chi connectivity index (χ0n) is 7.42. The fraction of sp³-hybridized carbons (Fsp3) is 0.250. The Morgan fingerprint density at radius 1 is 1.33 bits per heavy atom. The van der Waals surface area contributed by atoms with Gasteiger partial charge in [0.1, 0.15) is 11.7 Å². The third-order valence-corrected chi connectivity index (χ3v) is 2.04. The second kappa shape index (κ2) is 4.83. The van der Waals surface area contributed by atoms with Crippen LogP contribution >= 0.6 is 15.9 Å². The van der Waals surface area contributed by atoms with Crippen LogP contribution in [-0.4, -0.2) is 32.1 Å². The van der Waals surface area contributed by atoms with E-state index in [-0.39, 0.29) is 5.82 Å². The third-order valence-electron chi connectivity index (χ3n) is 1.63. The van der Waals surface area contributed by atoms with Crippen LogP contribution in [0.25, 0.3) is 0 Å². The van der Waals surface area contributed by atoms with Gasteiger partial charge in [0.05, 0.1) is 10.9 Å². The van der Waals surface area contributed by atoms with Crippen molar-refractivity contribution < 1.29 is 19.8 Å². The van der Waals surface area contributed by atoms with Crippen LogP contribution in [0.15, 0.2) is 16.9 Å². The predicted molar refractivity (Wildman–Crippen MR) is 52.4 cm³/mol. The van der Waals surface area contributed by atoms with Crippen molar-refractivity contribution in [2.75, 3.05) is 0 Å². The van der Waals surface area contributed by atoms with Crippen molar-refractivity contribution in [1.82, 2.24) is 9.97 Å². The molecule has 1 aromatic rings. The van der Waals surface area contributed by atoms with E-state index in [4.69, 9.17) is 10.2 Å². The monoisotopic (exact) mass is 274 g/mol. The van der Waals surface area contributed by atoms with Crippen molar-refractivity contribution in [2.45, 2.75) is 12.3 Å². The first kappa shape index (κ1) is 11.6. The molecule has 0 saturated heterocycles. The SMILES string of the molecule is O=C(O)CC(C(=O)O)c1ncc(Br)cn1. The second-order valence-electron chi connectivity index (χ2n) is 2.75. The normalized spacial score (nSPS) is 12.1. The molecule has 0 amide bonds. The molecule has 1 heterocycles. The zero-order valence-corrected chi connectivity index (χ0v) is 9.01. The van der Waals surface area contributed by atoms with Crippen molar-refractivity contribution in [3.8, 4) is 0 Å². The van der Waals surface area contributed by atoms with Gasteiger partial charge in [-0.05, 0) is 15.9 Å². The highest BCUT2D eigenvalue weighted by Crippen LogP contribution is 2.17. The van der Waals surface area contributed by atoms with Gasteiger partial charge in [-0.3, -0.25) is 9.59 Å². The molecule has 2 N–H and O–H groups in total. The molecule has 0 aliphatic rings. The summed E-state index contributed by atoms with van der Waals surface area (Å²) in [6.07, 6.45) is 2.22. The van der Waals surface area contributed by atoms with Crippen LogP contribution in [0.1, 0.15) is 18.2 Å². The minimum atomic E-state index is -1.25. The lowest BCUT2D eigenvalue weighted by molar-refractivity contribution is -0.145. The summed E-state index contributed by atoms with van der Waals surface area (Å²) < 4.78 is 0.603. The molecule has 0 saturated carbocycles. The third kappa shape index (κ3) is 3.28. The maximum atomic E-state index is 10.8. The molecule has 6 nitrogen and oxygen atoms in total. The van der Waals surface area contributed by atoms with Crippen molar-refractivity contribution >= 4 is 27.9 Å². The van der Waals surface area contributed by atoms with Gasteiger partial charge in [-0.25, -0.2) is 9.97 Å². The molecule has 0 fully saturated rings. The number of carboxylic acids is 2. The molecule has 1 aromatic heterocycles. The molecule has 15 heavy (non-hydrogen) atoms. The first-order valence-corrected chi connectivity index (χ1v) is 4.72. The van der Waals surface area contributed by atoms with E-state index in [0.717, 1.165) is 0 Å². The van der Waals surface area contributed by atoms with E-state index in [9.17, 15) is 9.59 Å². The van der Waals surface area contributed by atoms with Gasteiger partial charge in [-0.15, -0.1) is 0 Å². The van der Waals surface area contributed by atoms with Crippen LogP contribution in [0.3, 0.4) is 0 Å². The number of rotatable bonds is 4. The minimum Gasteiger partial charge on any atom is -0.481 e. The molecule has 0 aliphatic heterocycles. The molecule has 0 aromatic carbocycles. The van der Waals surface area contributed by atoms with Crippen molar-refractivity contribution in [2.24, 2.45) is 0 Å². The van der Waals surface area contributed by atoms with Crippen LogP contribution in [0.5, 0.6) is 0 Å². The molecular weight excluding hydrogens is 268 g/mol. The molecule has 0 radical (unpaired) electrons. The van der Waals surface area contributed by atoms with Gasteiger partial charge >= 0.3 is 11.9 Å². The number of nitrogens with zero attached hydrogens (tertiary/aromatic N) is 2. The van der Waals surface area contributed by atoms with Gasteiger partial charge < -0.3 is 10.2 Å². The van der Waals surface area contributed by atoms with Crippen LogP contribution in [-0.2, 0) is 9.59 Å². The first-order valence-electron chi connectivity index (χ1n) is 3.92. The summed E-state index contributed by atoms with van der Waals surface area (Å²) in [5.41, 5.74) is 0. The topological polar surface area (TPSA) is 100 Å². The number of carbonyl (C=O) groups is 2. The van der Waals surface area contributed by atoms with Gasteiger partial charge in [0.2, 0.25) is 0 Å². The highest BCUT2D eigenvalue weighted by atomic mass is 79.9. The molecule has 1 unspecified atom stereocenters. The number of aromatic nitrogens is 2. The molecule has 1 atom stereocenters. The van der Waals surface area contributed by atoms with Gasteiger partial charge in [-0.1, -0.05) is 0 Å². The lowest BCUT2D eigenvalue weighted by Crippen LogP contribution is -2.18. The molecule has 0 bridgehead atoms. The quantitative estimate of drug-likeness (QED) is 0.846. The Kier molecular flexibility index (Phi) is 3.73. The Morgan fingerprint density at radius 3 is 2.27 bits per heavy atom. The maximum Gasteiger partial charge on any atom is 0.314 e. The van der Waals surface area contributed by atoms with E-state index in [1.165, 1.54) is 12.4 Å². The lowest BCUT2D eigenvalue weighted by atomic mass is 10.1. The molecule has 80 valence electrons. The molecule has 1 rings (SSSR count). The van der Waals surface area contributed by atoms with Gasteiger partial charge in [-0.2, -0.15) is 0 Å².